The summed E-state index contributed by atoms with van der Waals surface area (Å²) in [6.45, 7) is 12.9. The van der Waals surface area contributed by atoms with E-state index >= 15 is 0 Å². The number of halogens is 1. The zero-order valence-electron chi connectivity index (χ0n) is 18.7. The highest BCUT2D eigenvalue weighted by molar-refractivity contribution is 7.80. The van der Waals surface area contributed by atoms with Crippen molar-refractivity contribution in [1.82, 2.24) is 5.32 Å². The van der Waals surface area contributed by atoms with Crippen LogP contribution in [0.25, 0.3) is 6.08 Å². The van der Waals surface area contributed by atoms with Crippen molar-refractivity contribution in [2.75, 3.05) is 4.90 Å². The van der Waals surface area contributed by atoms with Crippen LogP contribution in [0.2, 0.25) is 5.02 Å². The first-order valence-corrected chi connectivity index (χ1v) is 10.9. The second kappa shape index (κ2) is 8.21. The molecule has 1 saturated heterocycles. The van der Waals surface area contributed by atoms with Crippen molar-refractivity contribution in [2.45, 2.75) is 52.4 Å². The molecule has 31 heavy (non-hydrogen) atoms. The Bertz CT molecular complexity index is 1060. The fourth-order valence-corrected chi connectivity index (χ4v) is 3.66. The smallest absolute Gasteiger partial charge is 0.270 e. The lowest BCUT2D eigenvalue weighted by atomic mass is 9.79. The number of thiocarbonyl (C=S) groups is 1. The Labute approximate surface area is 194 Å². The number of benzene rings is 2. The van der Waals surface area contributed by atoms with Crippen molar-refractivity contribution in [1.29, 1.82) is 0 Å². The fraction of sp³-hybridized carbons (Fsp3) is 0.320. The van der Waals surface area contributed by atoms with Crippen molar-refractivity contribution >= 4 is 52.5 Å². The average Bonchev–Trinajstić information content (AvgIpc) is 2.65. The first-order valence-electron chi connectivity index (χ1n) is 10.1. The number of anilines is 1. The molecule has 0 radical (unpaired) electrons. The second-order valence-electron chi connectivity index (χ2n) is 9.78. The van der Waals surface area contributed by atoms with E-state index in [9.17, 15) is 9.59 Å². The standard InChI is InChI=1S/C25H27ClN2O2S/c1-24(2,3)16-11-15(12-17(14-16)25(4,5)6)13-20-21(29)27-23(31)28(22(20)30)19-9-7-18(26)8-10-19/h7-14H,1-6H3,(H,27,29,31)/b20-13-. The van der Waals surface area contributed by atoms with Gasteiger partial charge < -0.3 is 0 Å². The molecule has 0 aliphatic carbocycles. The van der Waals surface area contributed by atoms with Gasteiger partial charge in [-0.3, -0.25) is 19.8 Å². The highest BCUT2D eigenvalue weighted by Gasteiger charge is 2.34. The van der Waals surface area contributed by atoms with Gasteiger partial charge in [0, 0.05) is 5.02 Å². The number of rotatable bonds is 2. The molecule has 1 heterocycles. The third kappa shape index (κ3) is 5.05. The van der Waals surface area contributed by atoms with E-state index in [4.69, 9.17) is 23.8 Å². The van der Waals surface area contributed by atoms with Crippen molar-refractivity contribution in [2.24, 2.45) is 0 Å². The Balaban J connectivity index is 2.11. The Morgan fingerprint density at radius 2 is 1.42 bits per heavy atom. The highest BCUT2D eigenvalue weighted by atomic mass is 35.5. The lowest BCUT2D eigenvalue weighted by Gasteiger charge is -2.29. The number of nitrogens with zero attached hydrogens (tertiary/aromatic N) is 1. The quantitative estimate of drug-likeness (QED) is 0.356. The third-order valence-electron chi connectivity index (χ3n) is 5.18. The molecule has 162 valence electrons. The Morgan fingerprint density at radius 1 is 0.903 bits per heavy atom. The molecule has 1 aliphatic heterocycles. The van der Waals surface area contributed by atoms with E-state index in [1.54, 1.807) is 30.3 Å². The molecule has 1 aliphatic rings. The van der Waals surface area contributed by atoms with Gasteiger partial charge in [-0.2, -0.15) is 0 Å². The van der Waals surface area contributed by atoms with Gasteiger partial charge in [-0.05, 0) is 70.1 Å². The first-order chi connectivity index (χ1) is 14.3. The number of carbonyl (C=O) groups is 2. The van der Waals surface area contributed by atoms with Crippen LogP contribution in [0.5, 0.6) is 0 Å². The molecule has 2 amide bonds. The van der Waals surface area contributed by atoms with E-state index in [1.165, 1.54) is 4.90 Å². The van der Waals surface area contributed by atoms with Crippen LogP contribution in [0.4, 0.5) is 5.69 Å². The summed E-state index contributed by atoms with van der Waals surface area (Å²) in [5, 5.41) is 3.23. The van der Waals surface area contributed by atoms with Gasteiger partial charge in [0.2, 0.25) is 0 Å². The summed E-state index contributed by atoms with van der Waals surface area (Å²) in [5.74, 6) is -0.965. The molecule has 1 N–H and O–H groups in total. The minimum Gasteiger partial charge on any atom is -0.298 e. The van der Waals surface area contributed by atoms with Crippen LogP contribution in [-0.4, -0.2) is 16.9 Å². The van der Waals surface area contributed by atoms with E-state index in [0.717, 1.165) is 16.7 Å². The summed E-state index contributed by atoms with van der Waals surface area (Å²) >= 11 is 11.2. The van der Waals surface area contributed by atoms with E-state index in [-0.39, 0.29) is 21.5 Å². The van der Waals surface area contributed by atoms with Gasteiger partial charge in [-0.25, -0.2) is 0 Å². The van der Waals surface area contributed by atoms with Gasteiger partial charge in [-0.1, -0.05) is 71.3 Å². The van der Waals surface area contributed by atoms with E-state index < -0.39 is 11.8 Å². The average molecular weight is 455 g/mol. The zero-order valence-corrected chi connectivity index (χ0v) is 20.2. The number of hydrogen-bond acceptors (Lipinski definition) is 3. The maximum atomic E-state index is 13.3. The normalized spacial score (nSPS) is 16.7. The molecule has 2 aromatic carbocycles. The molecule has 4 nitrogen and oxygen atoms in total. The molecule has 2 aromatic rings. The minimum absolute atomic E-state index is 0.0365. The van der Waals surface area contributed by atoms with Crippen LogP contribution in [-0.2, 0) is 20.4 Å². The van der Waals surface area contributed by atoms with Crippen LogP contribution in [0.3, 0.4) is 0 Å². The lowest BCUT2D eigenvalue weighted by molar-refractivity contribution is -0.122. The van der Waals surface area contributed by atoms with Crippen LogP contribution in [0, 0.1) is 0 Å². The van der Waals surface area contributed by atoms with E-state index in [2.05, 4.69) is 52.9 Å². The summed E-state index contributed by atoms with van der Waals surface area (Å²) in [6.07, 6.45) is 1.65. The molecule has 1 fully saturated rings. The van der Waals surface area contributed by atoms with Gasteiger partial charge in [0.1, 0.15) is 5.57 Å². The largest absolute Gasteiger partial charge is 0.298 e. The monoisotopic (exact) mass is 454 g/mol. The summed E-state index contributed by atoms with van der Waals surface area (Å²) in [4.78, 5) is 27.3. The van der Waals surface area contributed by atoms with Crippen LogP contribution >= 0.6 is 23.8 Å². The zero-order chi connectivity index (χ0) is 23.1. The number of nitrogens with one attached hydrogen (secondary N) is 1. The van der Waals surface area contributed by atoms with Gasteiger partial charge in [0.15, 0.2) is 5.11 Å². The van der Waals surface area contributed by atoms with Gasteiger partial charge in [0.05, 0.1) is 5.69 Å². The molecule has 0 saturated carbocycles. The van der Waals surface area contributed by atoms with Gasteiger partial charge >= 0.3 is 0 Å². The summed E-state index contributed by atoms with van der Waals surface area (Å²) in [6, 6.07) is 13.0. The minimum atomic E-state index is -0.501. The third-order valence-corrected chi connectivity index (χ3v) is 5.72. The summed E-state index contributed by atoms with van der Waals surface area (Å²) < 4.78 is 0. The second-order valence-corrected chi connectivity index (χ2v) is 10.6. The van der Waals surface area contributed by atoms with Crippen molar-refractivity contribution in [3.63, 3.8) is 0 Å². The fourth-order valence-electron chi connectivity index (χ4n) is 3.25. The molecule has 0 atom stereocenters. The van der Waals surface area contributed by atoms with Gasteiger partial charge in [0.25, 0.3) is 11.8 Å². The molecular weight excluding hydrogens is 428 g/mol. The molecule has 6 heteroatoms. The van der Waals surface area contributed by atoms with E-state index in [1.807, 2.05) is 12.1 Å². The maximum absolute atomic E-state index is 13.3. The summed E-state index contributed by atoms with van der Waals surface area (Å²) in [5.41, 5.74) is 3.51. The van der Waals surface area contributed by atoms with Crippen LogP contribution in [0.1, 0.15) is 58.2 Å². The Hall–Kier alpha value is -2.50. The highest BCUT2D eigenvalue weighted by Crippen LogP contribution is 2.31. The topological polar surface area (TPSA) is 49.4 Å². The number of hydrogen-bond donors (Lipinski definition) is 1. The predicted octanol–water partition coefficient (Wildman–Crippen LogP) is 5.77. The predicted molar refractivity (Wildman–Crippen MR) is 131 cm³/mol. The molecule has 0 aromatic heterocycles. The van der Waals surface area contributed by atoms with Crippen LogP contribution in [0.15, 0.2) is 48.0 Å². The van der Waals surface area contributed by atoms with Crippen molar-refractivity contribution in [3.05, 3.63) is 69.8 Å². The van der Waals surface area contributed by atoms with Gasteiger partial charge in [-0.15, -0.1) is 0 Å². The molecule has 0 bridgehead atoms. The van der Waals surface area contributed by atoms with E-state index in [0.29, 0.717) is 10.7 Å². The molecular formula is C25H27ClN2O2S. The molecule has 0 unspecified atom stereocenters. The Morgan fingerprint density at radius 3 is 1.90 bits per heavy atom. The SMILES string of the molecule is CC(C)(C)c1cc(/C=C2/C(=O)NC(=S)N(c3ccc(Cl)cc3)C2=O)cc(C(C)(C)C)c1. The number of amides is 2. The number of carbonyl (C=O) groups excluding carboxylic acids is 2. The first kappa shape index (κ1) is 23.2. The summed E-state index contributed by atoms with van der Waals surface area (Å²) in [7, 11) is 0. The lowest BCUT2D eigenvalue weighted by Crippen LogP contribution is -2.54. The van der Waals surface area contributed by atoms with Crippen molar-refractivity contribution in [3.8, 4) is 0 Å². The molecule has 3 rings (SSSR count). The molecule has 0 spiro atoms. The Kier molecular flexibility index (Phi) is 6.14. The van der Waals surface area contributed by atoms with Crippen LogP contribution < -0.4 is 10.2 Å². The van der Waals surface area contributed by atoms with Crippen molar-refractivity contribution < 1.29 is 9.59 Å². The maximum Gasteiger partial charge on any atom is 0.270 e.